The topological polar surface area (TPSA) is 55.0 Å². The summed E-state index contributed by atoms with van der Waals surface area (Å²) in [7, 11) is 0. The van der Waals surface area contributed by atoms with Crippen molar-refractivity contribution >= 4 is 11.6 Å². The van der Waals surface area contributed by atoms with Crippen LogP contribution in [0.5, 0.6) is 0 Å². The van der Waals surface area contributed by atoms with E-state index >= 15 is 0 Å². The molecule has 2 rings (SSSR count). The summed E-state index contributed by atoms with van der Waals surface area (Å²) in [5.41, 5.74) is 8.78. The lowest BCUT2D eigenvalue weighted by Crippen LogP contribution is -2.25. The van der Waals surface area contributed by atoms with Crippen LogP contribution in [0.25, 0.3) is 0 Å². The van der Waals surface area contributed by atoms with Crippen LogP contribution in [-0.4, -0.2) is 16.5 Å². The van der Waals surface area contributed by atoms with E-state index in [-0.39, 0.29) is 0 Å². The van der Waals surface area contributed by atoms with Crippen molar-refractivity contribution in [1.82, 2.24) is 9.97 Å². The van der Waals surface area contributed by atoms with Crippen molar-refractivity contribution in [2.75, 3.05) is 17.2 Å². The first-order valence-electron chi connectivity index (χ1n) is 6.58. The summed E-state index contributed by atoms with van der Waals surface area (Å²) < 4.78 is 0. The molecule has 0 aliphatic rings. The molecule has 1 aromatic carbocycles. The monoisotopic (exact) mass is 256 g/mol. The van der Waals surface area contributed by atoms with Crippen molar-refractivity contribution in [2.24, 2.45) is 0 Å². The largest absolute Gasteiger partial charge is 0.399 e. The van der Waals surface area contributed by atoms with E-state index in [1.54, 1.807) is 6.20 Å². The fraction of sp³-hybridized carbons (Fsp3) is 0.333. The standard InChI is InChI=1S/C15H20N4/c1-3-9-19(15-17-8-7-12(2)18-15)11-13-5-4-6-14(16)10-13/h4-8,10H,3,9,11,16H2,1-2H3. The second kappa shape index (κ2) is 6.18. The second-order valence-corrected chi connectivity index (χ2v) is 4.66. The molecule has 1 heterocycles. The van der Waals surface area contributed by atoms with E-state index in [2.05, 4.69) is 27.9 Å². The summed E-state index contributed by atoms with van der Waals surface area (Å²) in [6.45, 7) is 5.85. The highest BCUT2D eigenvalue weighted by Crippen LogP contribution is 2.14. The van der Waals surface area contributed by atoms with E-state index in [1.165, 1.54) is 5.56 Å². The van der Waals surface area contributed by atoms with Gasteiger partial charge in [-0.05, 0) is 37.1 Å². The minimum atomic E-state index is 0.780. The molecule has 0 saturated heterocycles. The van der Waals surface area contributed by atoms with Crippen LogP contribution in [0.1, 0.15) is 24.6 Å². The SMILES string of the molecule is CCCN(Cc1cccc(N)c1)c1nccc(C)n1. The van der Waals surface area contributed by atoms with E-state index < -0.39 is 0 Å². The molecule has 100 valence electrons. The van der Waals surface area contributed by atoms with Gasteiger partial charge in [-0.15, -0.1) is 0 Å². The summed E-state index contributed by atoms with van der Waals surface area (Å²) >= 11 is 0. The molecule has 4 nitrogen and oxygen atoms in total. The Kier molecular flexibility index (Phi) is 4.34. The molecule has 0 unspecified atom stereocenters. The molecule has 0 radical (unpaired) electrons. The molecule has 0 saturated carbocycles. The Morgan fingerprint density at radius 2 is 2.11 bits per heavy atom. The van der Waals surface area contributed by atoms with E-state index in [1.807, 2.05) is 31.2 Å². The Morgan fingerprint density at radius 3 is 2.79 bits per heavy atom. The van der Waals surface area contributed by atoms with Gasteiger partial charge < -0.3 is 10.6 Å². The fourth-order valence-electron chi connectivity index (χ4n) is 2.02. The van der Waals surface area contributed by atoms with Crippen molar-refractivity contribution in [3.63, 3.8) is 0 Å². The number of nitrogens with zero attached hydrogens (tertiary/aromatic N) is 3. The number of anilines is 2. The van der Waals surface area contributed by atoms with Crippen molar-refractivity contribution in [2.45, 2.75) is 26.8 Å². The van der Waals surface area contributed by atoms with E-state index in [9.17, 15) is 0 Å². The first-order chi connectivity index (χ1) is 9.19. The molecule has 0 bridgehead atoms. The number of aryl methyl sites for hydroxylation is 1. The third kappa shape index (κ3) is 3.68. The Balaban J connectivity index is 2.21. The summed E-state index contributed by atoms with van der Waals surface area (Å²) in [5.74, 6) is 0.782. The number of hydrogen-bond acceptors (Lipinski definition) is 4. The van der Waals surface area contributed by atoms with Gasteiger partial charge in [0, 0.05) is 30.7 Å². The van der Waals surface area contributed by atoms with Gasteiger partial charge in [0.15, 0.2) is 0 Å². The van der Waals surface area contributed by atoms with Gasteiger partial charge >= 0.3 is 0 Å². The van der Waals surface area contributed by atoms with Crippen LogP contribution in [0.2, 0.25) is 0 Å². The van der Waals surface area contributed by atoms with Gasteiger partial charge in [-0.25, -0.2) is 9.97 Å². The quantitative estimate of drug-likeness (QED) is 0.836. The van der Waals surface area contributed by atoms with Crippen LogP contribution in [0.3, 0.4) is 0 Å². The van der Waals surface area contributed by atoms with Crippen LogP contribution in [0.15, 0.2) is 36.5 Å². The maximum atomic E-state index is 5.82. The smallest absolute Gasteiger partial charge is 0.225 e. The summed E-state index contributed by atoms with van der Waals surface area (Å²) in [4.78, 5) is 11.0. The maximum absolute atomic E-state index is 5.82. The van der Waals surface area contributed by atoms with Crippen LogP contribution in [-0.2, 0) is 6.54 Å². The van der Waals surface area contributed by atoms with Crippen LogP contribution in [0, 0.1) is 6.92 Å². The zero-order valence-corrected chi connectivity index (χ0v) is 11.5. The molecule has 0 aliphatic carbocycles. The van der Waals surface area contributed by atoms with Gasteiger partial charge in [0.05, 0.1) is 0 Å². The average Bonchev–Trinajstić information content (AvgIpc) is 2.38. The number of benzene rings is 1. The number of nitrogen functional groups attached to an aromatic ring is 1. The van der Waals surface area contributed by atoms with Gasteiger partial charge in [0.1, 0.15) is 0 Å². The second-order valence-electron chi connectivity index (χ2n) is 4.66. The molecule has 0 aliphatic heterocycles. The molecule has 2 N–H and O–H groups in total. The van der Waals surface area contributed by atoms with Crippen LogP contribution >= 0.6 is 0 Å². The highest BCUT2D eigenvalue weighted by Gasteiger charge is 2.09. The third-order valence-electron chi connectivity index (χ3n) is 2.88. The predicted octanol–water partition coefficient (Wildman–Crippen LogP) is 2.78. The van der Waals surface area contributed by atoms with Crippen molar-refractivity contribution in [3.05, 3.63) is 47.8 Å². The number of nitrogens with two attached hydrogens (primary N) is 1. The normalized spacial score (nSPS) is 10.4. The van der Waals surface area contributed by atoms with E-state index in [0.29, 0.717) is 0 Å². The van der Waals surface area contributed by atoms with Crippen LogP contribution < -0.4 is 10.6 Å². The first kappa shape index (κ1) is 13.3. The molecule has 19 heavy (non-hydrogen) atoms. The van der Waals surface area contributed by atoms with Gasteiger partial charge in [-0.3, -0.25) is 0 Å². The zero-order valence-electron chi connectivity index (χ0n) is 11.5. The van der Waals surface area contributed by atoms with Crippen molar-refractivity contribution in [1.29, 1.82) is 0 Å². The van der Waals surface area contributed by atoms with Crippen molar-refractivity contribution in [3.8, 4) is 0 Å². The van der Waals surface area contributed by atoms with Crippen molar-refractivity contribution < 1.29 is 0 Å². The Morgan fingerprint density at radius 1 is 1.26 bits per heavy atom. The van der Waals surface area contributed by atoms with E-state index in [4.69, 9.17) is 5.73 Å². The lowest BCUT2D eigenvalue weighted by atomic mass is 10.2. The number of aromatic nitrogens is 2. The predicted molar refractivity (Wildman–Crippen MR) is 79.0 cm³/mol. The molecule has 0 spiro atoms. The Labute approximate surface area is 114 Å². The highest BCUT2D eigenvalue weighted by molar-refractivity contribution is 5.42. The lowest BCUT2D eigenvalue weighted by Gasteiger charge is -2.22. The van der Waals surface area contributed by atoms with Gasteiger partial charge in [0.2, 0.25) is 5.95 Å². The number of hydrogen-bond donors (Lipinski definition) is 1. The van der Waals surface area contributed by atoms with E-state index in [0.717, 1.165) is 36.8 Å². The molecule has 1 aromatic heterocycles. The third-order valence-corrected chi connectivity index (χ3v) is 2.88. The minimum absolute atomic E-state index is 0.780. The molecule has 2 aromatic rings. The molecular formula is C15H20N4. The average molecular weight is 256 g/mol. The zero-order chi connectivity index (χ0) is 13.7. The molecule has 0 atom stereocenters. The number of rotatable bonds is 5. The summed E-state index contributed by atoms with van der Waals surface area (Å²) in [6, 6.07) is 9.87. The Hall–Kier alpha value is -2.10. The lowest BCUT2D eigenvalue weighted by molar-refractivity contribution is 0.737. The van der Waals surface area contributed by atoms with Crippen LogP contribution in [0.4, 0.5) is 11.6 Å². The Bertz CT molecular complexity index is 539. The minimum Gasteiger partial charge on any atom is -0.399 e. The molecular weight excluding hydrogens is 236 g/mol. The maximum Gasteiger partial charge on any atom is 0.225 e. The summed E-state index contributed by atoms with van der Waals surface area (Å²) in [5, 5.41) is 0. The molecule has 0 fully saturated rings. The fourth-order valence-corrected chi connectivity index (χ4v) is 2.02. The van der Waals surface area contributed by atoms with Gasteiger partial charge in [-0.2, -0.15) is 0 Å². The highest BCUT2D eigenvalue weighted by atomic mass is 15.2. The molecule has 0 amide bonds. The first-order valence-corrected chi connectivity index (χ1v) is 6.58. The summed E-state index contributed by atoms with van der Waals surface area (Å²) in [6.07, 6.45) is 2.86. The van der Waals surface area contributed by atoms with Gasteiger partial charge in [-0.1, -0.05) is 19.1 Å². The molecule has 4 heteroatoms. The van der Waals surface area contributed by atoms with Gasteiger partial charge in [0.25, 0.3) is 0 Å².